The fourth-order valence-corrected chi connectivity index (χ4v) is 2.41. The Morgan fingerprint density at radius 1 is 1.36 bits per heavy atom. The van der Waals surface area contributed by atoms with Crippen molar-refractivity contribution >= 4 is 33.6 Å². The standard InChI is InChI=1S/C14H20BrN5O2/c1-19(10-14(22)20-6-4-16-5-7-20)9-13(21)18-12-3-2-11(15)8-17-12/h2-3,8,16H,4-7,9-10H2,1H3,(H,17,18,21). The third-order valence-electron chi connectivity index (χ3n) is 3.28. The van der Waals surface area contributed by atoms with Crippen molar-refractivity contribution in [1.29, 1.82) is 0 Å². The molecular weight excluding hydrogens is 350 g/mol. The minimum atomic E-state index is -0.189. The van der Waals surface area contributed by atoms with Crippen molar-refractivity contribution in [2.45, 2.75) is 0 Å². The second kappa shape index (κ2) is 8.21. The number of aromatic nitrogens is 1. The van der Waals surface area contributed by atoms with Crippen LogP contribution in [-0.4, -0.2) is 72.9 Å². The number of hydrogen-bond donors (Lipinski definition) is 2. The van der Waals surface area contributed by atoms with Crippen molar-refractivity contribution in [1.82, 2.24) is 20.1 Å². The number of piperazine rings is 1. The van der Waals surface area contributed by atoms with Crippen LogP contribution in [0, 0.1) is 0 Å². The van der Waals surface area contributed by atoms with Gasteiger partial charge in [-0.3, -0.25) is 14.5 Å². The quantitative estimate of drug-likeness (QED) is 0.772. The summed E-state index contributed by atoms with van der Waals surface area (Å²) in [7, 11) is 1.76. The van der Waals surface area contributed by atoms with Gasteiger partial charge in [0.1, 0.15) is 5.82 Å². The maximum absolute atomic E-state index is 12.1. The van der Waals surface area contributed by atoms with E-state index in [1.807, 2.05) is 4.90 Å². The molecule has 1 aliphatic heterocycles. The number of amides is 2. The first kappa shape index (κ1) is 16.9. The van der Waals surface area contributed by atoms with Gasteiger partial charge in [0, 0.05) is 36.8 Å². The molecule has 8 heteroatoms. The highest BCUT2D eigenvalue weighted by Gasteiger charge is 2.18. The van der Waals surface area contributed by atoms with Crippen molar-refractivity contribution in [3.8, 4) is 0 Å². The van der Waals surface area contributed by atoms with E-state index in [9.17, 15) is 9.59 Å². The molecule has 0 aromatic carbocycles. The van der Waals surface area contributed by atoms with Gasteiger partial charge in [-0.1, -0.05) is 0 Å². The van der Waals surface area contributed by atoms with Crippen LogP contribution in [0.2, 0.25) is 0 Å². The molecule has 0 bridgehead atoms. The second-order valence-electron chi connectivity index (χ2n) is 5.21. The van der Waals surface area contributed by atoms with Gasteiger partial charge in [-0.25, -0.2) is 4.98 Å². The predicted octanol–water partition coefficient (Wildman–Crippen LogP) is 0.146. The molecule has 0 saturated carbocycles. The number of nitrogens with zero attached hydrogens (tertiary/aromatic N) is 3. The molecule has 7 nitrogen and oxygen atoms in total. The number of likely N-dealkylation sites (N-methyl/N-ethyl adjacent to an activating group) is 1. The Morgan fingerprint density at radius 2 is 2.09 bits per heavy atom. The highest BCUT2D eigenvalue weighted by atomic mass is 79.9. The van der Waals surface area contributed by atoms with Crippen LogP contribution in [0.15, 0.2) is 22.8 Å². The Kier molecular flexibility index (Phi) is 6.29. The molecule has 0 radical (unpaired) electrons. The predicted molar refractivity (Wildman–Crippen MR) is 87.5 cm³/mol. The molecule has 22 heavy (non-hydrogen) atoms. The summed E-state index contributed by atoms with van der Waals surface area (Å²) in [5.74, 6) is 0.360. The lowest BCUT2D eigenvalue weighted by Crippen LogP contribution is -2.49. The third-order valence-corrected chi connectivity index (χ3v) is 3.75. The highest BCUT2D eigenvalue weighted by molar-refractivity contribution is 9.10. The molecule has 1 aliphatic rings. The van der Waals surface area contributed by atoms with Crippen LogP contribution in [0.5, 0.6) is 0 Å². The minimum Gasteiger partial charge on any atom is -0.339 e. The van der Waals surface area contributed by atoms with Crippen LogP contribution >= 0.6 is 15.9 Å². The molecule has 2 heterocycles. The van der Waals surface area contributed by atoms with Gasteiger partial charge in [0.05, 0.1) is 13.1 Å². The van der Waals surface area contributed by atoms with Crippen molar-refractivity contribution in [2.75, 3.05) is 51.6 Å². The van der Waals surface area contributed by atoms with E-state index in [0.29, 0.717) is 5.82 Å². The van der Waals surface area contributed by atoms with E-state index in [0.717, 1.165) is 30.7 Å². The fourth-order valence-electron chi connectivity index (χ4n) is 2.18. The zero-order chi connectivity index (χ0) is 15.9. The maximum atomic E-state index is 12.1. The van der Waals surface area contributed by atoms with Crippen LogP contribution in [0.1, 0.15) is 0 Å². The van der Waals surface area contributed by atoms with Crippen LogP contribution in [-0.2, 0) is 9.59 Å². The molecule has 1 fully saturated rings. The summed E-state index contributed by atoms with van der Waals surface area (Å²) in [6.07, 6.45) is 1.62. The Morgan fingerprint density at radius 3 is 2.73 bits per heavy atom. The highest BCUT2D eigenvalue weighted by Crippen LogP contribution is 2.10. The van der Waals surface area contributed by atoms with Gasteiger partial charge in [-0.05, 0) is 35.1 Å². The first-order chi connectivity index (χ1) is 10.5. The lowest BCUT2D eigenvalue weighted by atomic mass is 10.3. The SMILES string of the molecule is CN(CC(=O)Nc1ccc(Br)cn1)CC(=O)N1CCNCC1. The fraction of sp³-hybridized carbons (Fsp3) is 0.500. The van der Waals surface area contributed by atoms with Gasteiger partial charge in [-0.15, -0.1) is 0 Å². The first-order valence-corrected chi connectivity index (χ1v) is 7.92. The van der Waals surface area contributed by atoms with Crippen molar-refractivity contribution in [2.24, 2.45) is 0 Å². The normalized spacial score (nSPS) is 15.0. The van der Waals surface area contributed by atoms with E-state index in [4.69, 9.17) is 0 Å². The zero-order valence-corrected chi connectivity index (χ0v) is 14.1. The average molecular weight is 370 g/mol. The number of pyridine rings is 1. The van der Waals surface area contributed by atoms with Crippen molar-refractivity contribution in [3.63, 3.8) is 0 Å². The Labute approximate surface area is 138 Å². The molecule has 2 N–H and O–H groups in total. The van der Waals surface area contributed by atoms with Crippen LogP contribution in [0.3, 0.4) is 0 Å². The first-order valence-electron chi connectivity index (χ1n) is 7.13. The van der Waals surface area contributed by atoms with E-state index >= 15 is 0 Å². The zero-order valence-electron chi connectivity index (χ0n) is 12.5. The summed E-state index contributed by atoms with van der Waals surface area (Å²) in [5, 5.41) is 5.91. The van der Waals surface area contributed by atoms with Crippen molar-refractivity contribution < 1.29 is 9.59 Å². The van der Waals surface area contributed by atoms with Crippen LogP contribution in [0.4, 0.5) is 5.82 Å². The van der Waals surface area contributed by atoms with Crippen molar-refractivity contribution in [3.05, 3.63) is 22.8 Å². The summed E-state index contributed by atoms with van der Waals surface area (Å²) in [6, 6.07) is 3.52. The lowest BCUT2D eigenvalue weighted by Gasteiger charge is -2.29. The van der Waals surface area contributed by atoms with Gasteiger partial charge in [0.15, 0.2) is 0 Å². The van der Waals surface area contributed by atoms with E-state index in [1.165, 1.54) is 0 Å². The van der Waals surface area contributed by atoms with Gasteiger partial charge in [0.25, 0.3) is 0 Å². The number of hydrogen-bond acceptors (Lipinski definition) is 5. The summed E-state index contributed by atoms with van der Waals surface area (Å²) in [5.41, 5.74) is 0. The van der Waals surface area contributed by atoms with Crippen LogP contribution in [0.25, 0.3) is 0 Å². The molecule has 0 atom stereocenters. The molecular formula is C14H20BrN5O2. The monoisotopic (exact) mass is 369 g/mol. The molecule has 1 saturated heterocycles. The largest absolute Gasteiger partial charge is 0.339 e. The number of carbonyl (C=O) groups is 2. The Balaban J connectivity index is 1.75. The lowest BCUT2D eigenvalue weighted by molar-refractivity contribution is -0.133. The van der Waals surface area contributed by atoms with Gasteiger partial charge in [0.2, 0.25) is 11.8 Å². The van der Waals surface area contributed by atoms with Gasteiger partial charge < -0.3 is 15.5 Å². The molecule has 1 aromatic rings. The summed E-state index contributed by atoms with van der Waals surface area (Å²) in [6.45, 7) is 3.48. The van der Waals surface area contributed by atoms with E-state index in [2.05, 4.69) is 31.5 Å². The summed E-state index contributed by atoms with van der Waals surface area (Å²) in [4.78, 5) is 31.6. The van der Waals surface area contributed by atoms with E-state index < -0.39 is 0 Å². The van der Waals surface area contributed by atoms with E-state index in [-0.39, 0.29) is 24.9 Å². The summed E-state index contributed by atoms with van der Waals surface area (Å²) < 4.78 is 0.851. The third kappa shape index (κ3) is 5.36. The molecule has 2 rings (SSSR count). The van der Waals surface area contributed by atoms with Gasteiger partial charge >= 0.3 is 0 Å². The number of halogens is 1. The molecule has 2 amide bonds. The number of carbonyl (C=O) groups excluding carboxylic acids is 2. The molecule has 0 aliphatic carbocycles. The molecule has 1 aromatic heterocycles. The second-order valence-corrected chi connectivity index (χ2v) is 6.13. The van der Waals surface area contributed by atoms with E-state index in [1.54, 1.807) is 30.3 Å². The molecule has 120 valence electrons. The number of rotatable bonds is 5. The Bertz CT molecular complexity index is 516. The number of anilines is 1. The average Bonchev–Trinajstić information content (AvgIpc) is 2.50. The Hall–Kier alpha value is -1.51. The number of nitrogens with one attached hydrogen (secondary N) is 2. The smallest absolute Gasteiger partial charge is 0.239 e. The van der Waals surface area contributed by atoms with Gasteiger partial charge in [-0.2, -0.15) is 0 Å². The minimum absolute atomic E-state index is 0.0542. The summed E-state index contributed by atoms with van der Waals surface area (Å²) >= 11 is 3.29. The van der Waals surface area contributed by atoms with Crippen LogP contribution < -0.4 is 10.6 Å². The molecule has 0 unspecified atom stereocenters. The molecule has 0 spiro atoms. The maximum Gasteiger partial charge on any atom is 0.239 e. The topological polar surface area (TPSA) is 77.6 Å².